The van der Waals surface area contributed by atoms with Gasteiger partial charge in [0.05, 0.1) is 5.52 Å². The molecule has 0 saturated heterocycles. The molecule has 1 aromatic carbocycles. The average molecular weight is 363 g/mol. The zero-order valence-electron chi connectivity index (χ0n) is 15.8. The maximum atomic E-state index is 12.1. The number of urea groups is 1. The summed E-state index contributed by atoms with van der Waals surface area (Å²) in [6, 6.07) is 13.7. The number of hydrogen-bond donors (Lipinski definition) is 2. The highest BCUT2D eigenvalue weighted by Gasteiger charge is 2.06. The molecule has 2 amide bonds. The van der Waals surface area contributed by atoms with Crippen molar-refractivity contribution in [2.75, 3.05) is 18.0 Å². The fourth-order valence-electron chi connectivity index (χ4n) is 2.99. The first kappa shape index (κ1) is 18.6. The Morgan fingerprint density at radius 1 is 0.963 bits per heavy atom. The van der Waals surface area contributed by atoms with Crippen LogP contribution in [-0.2, 0) is 13.1 Å². The summed E-state index contributed by atoms with van der Waals surface area (Å²) < 4.78 is 0. The van der Waals surface area contributed by atoms with Crippen LogP contribution in [0.15, 0.2) is 54.9 Å². The summed E-state index contributed by atoms with van der Waals surface area (Å²) >= 11 is 0. The van der Waals surface area contributed by atoms with E-state index in [0.29, 0.717) is 13.1 Å². The molecule has 0 fully saturated rings. The van der Waals surface area contributed by atoms with E-state index in [1.807, 2.05) is 48.7 Å². The molecule has 3 aromatic rings. The first-order chi connectivity index (χ1) is 13.2. The van der Waals surface area contributed by atoms with Crippen molar-refractivity contribution in [1.29, 1.82) is 0 Å². The molecular weight excluding hydrogens is 338 g/mol. The topological polar surface area (TPSA) is 70.2 Å². The number of amides is 2. The van der Waals surface area contributed by atoms with Crippen LogP contribution in [0.1, 0.15) is 25.0 Å². The molecule has 140 valence electrons. The van der Waals surface area contributed by atoms with E-state index in [1.165, 1.54) is 0 Å². The smallest absolute Gasteiger partial charge is 0.315 e. The molecule has 0 unspecified atom stereocenters. The van der Waals surface area contributed by atoms with Crippen molar-refractivity contribution in [1.82, 2.24) is 20.6 Å². The van der Waals surface area contributed by atoms with Crippen LogP contribution in [0.5, 0.6) is 0 Å². The Kier molecular flexibility index (Phi) is 6.20. The van der Waals surface area contributed by atoms with E-state index < -0.39 is 0 Å². The van der Waals surface area contributed by atoms with Crippen molar-refractivity contribution in [2.45, 2.75) is 26.9 Å². The molecule has 2 aromatic heterocycles. The van der Waals surface area contributed by atoms with Crippen molar-refractivity contribution in [3.8, 4) is 0 Å². The van der Waals surface area contributed by atoms with Crippen LogP contribution >= 0.6 is 0 Å². The van der Waals surface area contributed by atoms with Gasteiger partial charge in [0.1, 0.15) is 5.82 Å². The van der Waals surface area contributed by atoms with Gasteiger partial charge >= 0.3 is 6.03 Å². The second kappa shape index (κ2) is 8.98. The molecule has 6 nitrogen and oxygen atoms in total. The van der Waals surface area contributed by atoms with Gasteiger partial charge in [-0.15, -0.1) is 0 Å². The van der Waals surface area contributed by atoms with Gasteiger partial charge in [-0.25, -0.2) is 9.78 Å². The molecule has 0 bridgehead atoms. The zero-order valence-corrected chi connectivity index (χ0v) is 15.8. The van der Waals surface area contributed by atoms with Crippen LogP contribution in [0, 0.1) is 0 Å². The first-order valence-corrected chi connectivity index (χ1v) is 9.25. The fraction of sp³-hybridized carbons (Fsp3) is 0.286. The van der Waals surface area contributed by atoms with E-state index >= 15 is 0 Å². The lowest BCUT2D eigenvalue weighted by atomic mass is 10.1. The van der Waals surface area contributed by atoms with Crippen LogP contribution < -0.4 is 15.5 Å². The Bertz CT molecular complexity index is 885. The molecular formula is C21H25N5O. The standard InChI is InChI=1S/C21H25N5O/c1-3-26(4-2)19-11-10-16(13-23-19)14-24-21(27)25-15-18-8-5-7-17-9-6-12-22-20(17)18/h5-13H,3-4,14-15H2,1-2H3,(H2,24,25,27). The molecule has 6 heteroatoms. The van der Waals surface area contributed by atoms with Gasteiger partial charge in [-0.2, -0.15) is 0 Å². The summed E-state index contributed by atoms with van der Waals surface area (Å²) in [6.45, 7) is 6.93. The minimum Gasteiger partial charge on any atom is -0.357 e. The predicted molar refractivity (Wildman–Crippen MR) is 109 cm³/mol. The van der Waals surface area contributed by atoms with Crippen molar-refractivity contribution < 1.29 is 4.79 Å². The van der Waals surface area contributed by atoms with Crippen LogP contribution in [0.4, 0.5) is 10.6 Å². The van der Waals surface area contributed by atoms with Gasteiger partial charge in [-0.1, -0.05) is 30.3 Å². The van der Waals surface area contributed by atoms with Gasteiger partial charge in [-0.3, -0.25) is 4.98 Å². The number of nitrogens with zero attached hydrogens (tertiary/aromatic N) is 3. The first-order valence-electron chi connectivity index (χ1n) is 9.25. The summed E-state index contributed by atoms with van der Waals surface area (Å²) in [4.78, 5) is 23.2. The normalized spacial score (nSPS) is 10.6. The zero-order chi connectivity index (χ0) is 19.1. The van der Waals surface area contributed by atoms with Crippen molar-refractivity contribution in [2.24, 2.45) is 0 Å². The number of carbonyl (C=O) groups is 1. The lowest BCUT2D eigenvalue weighted by Gasteiger charge is -2.19. The molecule has 0 aliphatic rings. The largest absolute Gasteiger partial charge is 0.357 e. The Morgan fingerprint density at radius 3 is 2.48 bits per heavy atom. The van der Waals surface area contributed by atoms with Gasteiger partial charge < -0.3 is 15.5 Å². The summed E-state index contributed by atoms with van der Waals surface area (Å²) in [5, 5.41) is 6.83. The summed E-state index contributed by atoms with van der Waals surface area (Å²) in [5.74, 6) is 0.955. The molecule has 0 radical (unpaired) electrons. The number of para-hydroxylation sites is 1. The number of benzene rings is 1. The average Bonchev–Trinajstić information content (AvgIpc) is 2.72. The lowest BCUT2D eigenvalue weighted by molar-refractivity contribution is 0.240. The maximum absolute atomic E-state index is 12.1. The molecule has 2 N–H and O–H groups in total. The van der Waals surface area contributed by atoms with E-state index in [0.717, 1.165) is 40.9 Å². The number of anilines is 1. The highest BCUT2D eigenvalue weighted by atomic mass is 16.2. The third kappa shape index (κ3) is 4.73. The Labute approximate surface area is 159 Å². The number of fused-ring (bicyclic) bond motifs is 1. The molecule has 0 spiro atoms. The van der Waals surface area contributed by atoms with Gasteiger partial charge in [0.15, 0.2) is 0 Å². The number of hydrogen-bond acceptors (Lipinski definition) is 4. The molecule has 27 heavy (non-hydrogen) atoms. The number of rotatable bonds is 7. The van der Waals surface area contributed by atoms with Crippen molar-refractivity contribution >= 4 is 22.8 Å². The van der Waals surface area contributed by atoms with Crippen LogP contribution in [0.3, 0.4) is 0 Å². The minimum absolute atomic E-state index is 0.212. The van der Waals surface area contributed by atoms with Crippen LogP contribution in [-0.4, -0.2) is 29.1 Å². The molecule has 0 aliphatic carbocycles. The van der Waals surface area contributed by atoms with E-state index in [2.05, 4.69) is 39.3 Å². The minimum atomic E-state index is -0.212. The molecule has 3 rings (SSSR count). The van der Waals surface area contributed by atoms with E-state index in [1.54, 1.807) is 6.20 Å². The fourth-order valence-corrected chi connectivity index (χ4v) is 2.99. The van der Waals surface area contributed by atoms with Gasteiger partial charge in [-0.05, 0) is 37.1 Å². The third-order valence-corrected chi connectivity index (χ3v) is 4.51. The number of carbonyl (C=O) groups excluding carboxylic acids is 1. The molecule has 0 saturated carbocycles. The quantitative estimate of drug-likeness (QED) is 0.674. The van der Waals surface area contributed by atoms with E-state index in [4.69, 9.17) is 0 Å². The van der Waals surface area contributed by atoms with Crippen LogP contribution in [0.25, 0.3) is 10.9 Å². The number of aromatic nitrogens is 2. The second-order valence-electron chi connectivity index (χ2n) is 6.23. The van der Waals surface area contributed by atoms with E-state index in [9.17, 15) is 4.79 Å². The van der Waals surface area contributed by atoms with Crippen molar-refractivity contribution in [3.05, 3.63) is 66.0 Å². The maximum Gasteiger partial charge on any atom is 0.315 e. The molecule has 0 aliphatic heterocycles. The Morgan fingerprint density at radius 2 is 1.74 bits per heavy atom. The van der Waals surface area contributed by atoms with Gasteiger partial charge in [0, 0.05) is 44.0 Å². The third-order valence-electron chi connectivity index (χ3n) is 4.51. The van der Waals surface area contributed by atoms with Crippen LogP contribution in [0.2, 0.25) is 0 Å². The SMILES string of the molecule is CCN(CC)c1ccc(CNC(=O)NCc2cccc3cccnc23)cn1. The van der Waals surface area contributed by atoms with Gasteiger partial charge in [0.2, 0.25) is 0 Å². The summed E-state index contributed by atoms with van der Waals surface area (Å²) in [7, 11) is 0. The number of nitrogens with one attached hydrogen (secondary N) is 2. The highest BCUT2D eigenvalue weighted by molar-refractivity contribution is 5.82. The predicted octanol–water partition coefficient (Wildman–Crippen LogP) is 3.48. The second-order valence-corrected chi connectivity index (χ2v) is 6.23. The van der Waals surface area contributed by atoms with E-state index in [-0.39, 0.29) is 6.03 Å². The Hall–Kier alpha value is -3.15. The Balaban J connectivity index is 1.52. The highest BCUT2D eigenvalue weighted by Crippen LogP contribution is 2.15. The molecule has 2 heterocycles. The summed E-state index contributed by atoms with van der Waals surface area (Å²) in [6.07, 6.45) is 3.57. The monoisotopic (exact) mass is 363 g/mol. The summed E-state index contributed by atoms with van der Waals surface area (Å²) in [5.41, 5.74) is 2.87. The lowest BCUT2D eigenvalue weighted by Crippen LogP contribution is -2.34. The van der Waals surface area contributed by atoms with Gasteiger partial charge in [0.25, 0.3) is 0 Å². The number of pyridine rings is 2. The molecule has 0 atom stereocenters. The van der Waals surface area contributed by atoms with Crippen molar-refractivity contribution in [3.63, 3.8) is 0 Å².